The van der Waals surface area contributed by atoms with Crippen molar-refractivity contribution < 1.29 is 14.3 Å². The number of likely N-dealkylation sites (tertiary alicyclic amines) is 1. The van der Waals surface area contributed by atoms with Crippen molar-refractivity contribution in [3.63, 3.8) is 0 Å². The van der Waals surface area contributed by atoms with Gasteiger partial charge in [0, 0.05) is 18.2 Å². The van der Waals surface area contributed by atoms with Gasteiger partial charge in [0.15, 0.2) is 0 Å². The third-order valence-corrected chi connectivity index (χ3v) is 4.39. The molecule has 0 bridgehead atoms. The molecule has 4 nitrogen and oxygen atoms in total. The third kappa shape index (κ3) is 2.82. The van der Waals surface area contributed by atoms with E-state index in [0.29, 0.717) is 12.3 Å². The molecule has 1 saturated carbocycles. The molecule has 1 aliphatic heterocycles. The van der Waals surface area contributed by atoms with E-state index in [2.05, 4.69) is 12.6 Å². The molecule has 2 atom stereocenters. The van der Waals surface area contributed by atoms with Crippen LogP contribution in [-0.2, 0) is 14.3 Å². The van der Waals surface area contributed by atoms with Crippen LogP contribution >= 0.6 is 12.6 Å². The number of hydrogen-bond acceptors (Lipinski definition) is 4. The molecule has 0 radical (unpaired) electrons. The number of rotatable bonds is 4. The lowest BCUT2D eigenvalue weighted by Crippen LogP contribution is -2.45. The topological polar surface area (TPSA) is 46.6 Å². The lowest BCUT2D eigenvalue weighted by molar-refractivity contribution is -0.162. The molecule has 1 heterocycles. The van der Waals surface area contributed by atoms with Crippen molar-refractivity contribution in [3.8, 4) is 0 Å². The number of nitrogens with zero attached hydrogens (tertiary/aromatic N) is 1. The Morgan fingerprint density at radius 3 is 2.61 bits per heavy atom. The normalized spacial score (nSPS) is 25.7. The fourth-order valence-corrected chi connectivity index (χ4v) is 2.52. The average Bonchev–Trinajstić information content (AvgIpc) is 2.80. The van der Waals surface area contributed by atoms with E-state index >= 15 is 0 Å². The maximum absolute atomic E-state index is 12.1. The van der Waals surface area contributed by atoms with Crippen molar-refractivity contribution >= 4 is 24.5 Å². The first kappa shape index (κ1) is 13.7. The second-order valence-corrected chi connectivity index (χ2v) is 5.63. The summed E-state index contributed by atoms with van der Waals surface area (Å²) in [7, 11) is 0. The third-order valence-electron chi connectivity index (χ3n) is 3.84. The first-order valence-corrected chi connectivity index (χ1v) is 7.38. The number of amides is 1. The SMILES string of the molecule is C[C@H](CS)C(=O)N1CCC[C@H]1C(=O)OC1CCC1. The molecule has 5 heteroatoms. The Morgan fingerprint density at radius 1 is 1.33 bits per heavy atom. The number of thiol groups is 1. The van der Waals surface area contributed by atoms with E-state index in [9.17, 15) is 9.59 Å². The van der Waals surface area contributed by atoms with E-state index in [4.69, 9.17) is 4.74 Å². The second-order valence-electron chi connectivity index (χ2n) is 5.26. The van der Waals surface area contributed by atoms with Crippen molar-refractivity contribution in [2.24, 2.45) is 5.92 Å². The van der Waals surface area contributed by atoms with Gasteiger partial charge in [-0.1, -0.05) is 6.92 Å². The molecule has 1 amide bonds. The van der Waals surface area contributed by atoms with Crippen molar-refractivity contribution in [1.82, 2.24) is 4.90 Å². The lowest BCUT2D eigenvalue weighted by atomic mass is 9.96. The van der Waals surface area contributed by atoms with Gasteiger partial charge >= 0.3 is 5.97 Å². The van der Waals surface area contributed by atoms with E-state index in [-0.39, 0.29) is 29.9 Å². The van der Waals surface area contributed by atoms with E-state index in [0.717, 1.165) is 32.1 Å². The van der Waals surface area contributed by atoms with E-state index < -0.39 is 0 Å². The van der Waals surface area contributed by atoms with Gasteiger partial charge in [-0.25, -0.2) is 4.79 Å². The highest BCUT2D eigenvalue weighted by atomic mass is 32.1. The maximum atomic E-state index is 12.1. The zero-order valence-corrected chi connectivity index (χ0v) is 11.7. The summed E-state index contributed by atoms with van der Waals surface area (Å²) in [6, 6.07) is -0.361. The smallest absolute Gasteiger partial charge is 0.329 e. The minimum Gasteiger partial charge on any atom is -0.461 e. The van der Waals surface area contributed by atoms with Crippen LogP contribution < -0.4 is 0 Å². The van der Waals surface area contributed by atoms with Gasteiger partial charge in [-0.15, -0.1) is 0 Å². The van der Waals surface area contributed by atoms with Gasteiger partial charge in [0.05, 0.1) is 0 Å². The van der Waals surface area contributed by atoms with Crippen LogP contribution in [-0.4, -0.2) is 41.2 Å². The molecule has 0 N–H and O–H groups in total. The van der Waals surface area contributed by atoms with Gasteiger partial charge in [-0.3, -0.25) is 4.79 Å². The molecule has 0 unspecified atom stereocenters. The first-order chi connectivity index (χ1) is 8.63. The fraction of sp³-hybridized carbons (Fsp3) is 0.846. The van der Waals surface area contributed by atoms with Crippen LogP contribution in [0, 0.1) is 5.92 Å². The second kappa shape index (κ2) is 5.95. The van der Waals surface area contributed by atoms with Gasteiger partial charge in [0.2, 0.25) is 5.91 Å². The van der Waals surface area contributed by atoms with Crippen LogP contribution in [0.2, 0.25) is 0 Å². The molecule has 18 heavy (non-hydrogen) atoms. The summed E-state index contributed by atoms with van der Waals surface area (Å²) in [5.41, 5.74) is 0. The molecule has 0 aromatic carbocycles. The monoisotopic (exact) mass is 271 g/mol. The summed E-state index contributed by atoms with van der Waals surface area (Å²) in [5, 5.41) is 0. The average molecular weight is 271 g/mol. The van der Waals surface area contributed by atoms with E-state index in [1.807, 2.05) is 6.92 Å². The fourth-order valence-electron chi connectivity index (χ4n) is 2.37. The molecule has 0 spiro atoms. The summed E-state index contributed by atoms with van der Waals surface area (Å²) in [6.45, 7) is 2.52. The highest BCUT2D eigenvalue weighted by Crippen LogP contribution is 2.26. The van der Waals surface area contributed by atoms with Crippen LogP contribution in [0.1, 0.15) is 39.0 Å². The predicted octanol–water partition coefficient (Wildman–Crippen LogP) is 1.64. The van der Waals surface area contributed by atoms with Gasteiger partial charge in [0.25, 0.3) is 0 Å². The minimum atomic E-state index is -0.361. The standard InChI is InChI=1S/C13H21NO3S/c1-9(8-18)12(15)14-7-3-6-11(14)13(16)17-10-4-2-5-10/h9-11,18H,2-8H2,1H3/t9-,11+/m1/s1. The van der Waals surface area contributed by atoms with Crippen molar-refractivity contribution in [2.75, 3.05) is 12.3 Å². The summed E-state index contributed by atoms with van der Waals surface area (Å²) in [6.07, 6.45) is 4.80. The molecule has 0 aromatic heterocycles. The summed E-state index contributed by atoms with van der Waals surface area (Å²) in [5.74, 6) is 0.195. The van der Waals surface area contributed by atoms with Crippen LogP contribution in [0.25, 0.3) is 0 Å². The van der Waals surface area contributed by atoms with Gasteiger partial charge < -0.3 is 9.64 Å². The molecule has 2 rings (SSSR count). The highest BCUT2D eigenvalue weighted by Gasteiger charge is 2.38. The van der Waals surface area contributed by atoms with Crippen molar-refractivity contribution in [3.05, 3.63) is 0 Å². The van der Waals surface area contributed by atoms with Crippen LogP contribution in [0.5, 0.6) is 0 Å². The van der Waals surface area contributed by atoms with Crippen molar-refractivity contribution in [2.45, 2.75) is 51.2 Å². The molecule has 2 fully saturated rings. The Balaban J connectivity index is 1.93. The maximum Gasteiger partial charge on any atom is 0.329 e. The van der Waals surface area contributed by atoms with E-state index in [1.54, 1.807) is 4.90 Å². The quantitative estimate of drug-likeness (QED) is 0.624. The Morgan fingerprint density at radius 2 is 2.06 bits per heavy atom. The molecule has 1 aliphatic carbocycles. The van der Waals surface area contributed by atoms with Crippen molar-refractivity contribution in [1.29, 1.82) is 0 Å². The molecule has 102 valence electrons. The minimum absolute atomic E-state index is 0.0260. The van der Waals surface area contributed by atoms with Crippen LogP contribution in [0.15, 0.2) is 0 Å². The lowest BCUT2D eigenvalue weighted by Gasteiger charge is -2.30. The van der Waals surface area contributed by atoms with Gasteiger partial charge in [-0.2, -0.15) is 12.6 Å². The zero-order chi connectivity index (χ0) is 13.1. The number of carbonyl (C=O) groups is 2. The summed E-state index contributed by atoms with van der Waals surface area (Å²) < 4.78 is 5.41. The summed E-state index contributed by atoms with van der Waals surface area (Å²) in [4.78, 5) is 25.9. The molecular weight excluding hydrogens is 250 g/mol. The summed E-state index contributed by atoms with van der Waals surface area (Å²) >= 11 is 4.15. The first-order valence-electron chi connectivity index (χ1n) is 6.75. The number of carbonyl (C=O) groups excluding carboxylic acids is 2. The largest absolute Gasteiger partial charge is 0.461 e. The van der Waals surface area contributed by atoms with Gasteiger partial charge in [0.1, 0.15) is 12.1 Å². The molecule has 0 aromatic rings. The number of ether oxygens (including phenoxy) is 1. The highest BCUT2D eigenvalue weighted by molar-refractivity contribution is 7.80. The molecule has 1 saturated heterocycles. The Hall–Kier alpha value is -0.710. The Bertz CT molecular complexity index is 330. The van der Waals surface area contributed by atoms with E-state index in [1.165, 1.54) is 0 Å². The molecular formula is C13H21NO3S. The zero-order valence-electron chi connectivity index (χ0n) is 10.8. The predicted molar refractivity (Wildman–Crippen MR) is 71.5 cm³/mol. The number of hydrogen-bond donors (Lipinski definition) is 1. The van der Waals surface area contributed by atoms with Crippen LogP contribution in [0.3, 0.4) is 0 Å². The Kier molecular flexibility index (Phi) is 4.54. The van der Waals surface area contributed by atoms with Crippen LogP contribution in [0.4, 0.5) is 0 Å². The molecule has 2 aliphatic rings. The van der Waals surface area contributed by atoms with Gasteiger partial charge in [-0.05, 0) is 32.1 Å². The number of esters is 1. The Labute approximate surface area is 113 Å².